The highest BCUT2D eigenvalue weighted by atomic mass is 16.5. The molecule has 308 valence electrons. The fourth-order valence-corrected chi connectivity index (χ4v) is 6.32. The molecule has 0 aromatic rings. The van der Waals surface area contributed by atoms with Crippen molar-refractivity contribution >= 4 is 11.9 Å². The van der Waals surface area contributed by atoms with Crippen molar-refractivity contribution in [1.82, 2.24) is 5.32 Å². The minimum atomic E-state index is -0.876. The summed E-state index contributed by atoms with van der Waals surface area (Å²) in [6.07, 6.45) is 51.0. The van der Waals surface area contributed by atoms with Crippen molar-refractivity contribution in [3.63, 3.8) is 0 Å². The first-order valence-corrected chi connectivity index (χ1v) is 22.4. The lowest BCUT2D eigenvalue weighted by atomic mass is 10.0. The molecule has 0 aliphatic carbocycles. The molecule has 0 aromatic heterocycles. The number of amides is 1. The molecule has 0 aromatic carbocycles. The first kappa shape index (κ1) is 50.8. The highest BCUT2D eigenvalue weighted by molar-refractivity contribution is 5.76. The summed E-state index contributed by atoms with van der Waals surface area (Å²) in [4.78, 5) is 24.3. The number of hydrogen-bond acceptors (Lipinski definition) is 5. The molecule has 2 atom stereocenters. The van der Waals surface area contributed by atoms with Crippen molar-refractivity contribution in [3.05, 3.63) is 48.6 Å². The summed E-state index contributed by atoms with van der Waals surface area (Å²) in [7, 11) is 0. The monoisotopic (exact) mass is 744 g/mol. The van der Waals surface area contributed by atoms with Gasteiger partial charge in [-0.25, -0.2) is 0 Å². The van der Waals surface area contributed by atoms with Crippen LogP contribution in [-0.4, -0.2) is 47.4 Å². The average Bonchev–Trinajstić information content (AvgIpc) is 3.16. The topological polar surface area (TPSA) is 95.9 Å². The molecule has 0 fully saturated rings. The zero-order valence-corrected chi connectivity index (χ0v) is 34.7. The van der Waals surface area contributed by atoms with Crippen molar-refractivity contribution < 1.29 is 24.5 Å². The van der Waals surface area contributed by atoms with Crippen molar-refractivity contribution in [2.24, 2.45) is 0 Å². The number of aliphatic hydroxyl groups is 2. The number of carbonyl (C=O) groups excluding carboxylic acids is 2. The van der Waals surface area contributed by atoms with Crippen LogP contribution in [0, 0.1) is 0 Å². The SMILES string of the molecule is CCC/C=C\C/C=C\CCCCCCCC(=O)OCCCCCC/C=C\CCCC(=O)NC(CO)C(O)/C=C/CCCCCCCCCCCCCC. The Bertz CT molecular complexity index is 911. The molecule has 0 aliphatic heterocycles. The summed E-state index contributed by atoms with van der Waals surface area (Å²) in [5.41, 5.74) is 0. The number of allylic oxidation sites excluding steroid dienone is 7. The van der Waals surface area contributed by atoms with Crippen LogP contribution in [0.1, 0.15) is 213 Å². The molecule has 0 radical (unpaired) electrons. The summed E-state index contributed by atoms with van der Waals surface area (Å²) < 4.78 is 5.41. The van der Waals surface area contributed by atoms with Gasteiger partial charge in [-0.1, -0.05) is 172 Å². The Labute approximate surface area is 327 Å². The van der Waals surface area contributed by atoms with E-state index in [1.54, 1.807) is 6.08 Å². The number of nitrogens with one attached hydrogen (secondary N) is 1. The first-order chi connectivity index (χ1) is 26.0. The summed E-state index contributed by atoms with van der Waals surface area (Å²) in [5, 5.41) is 22.9. The Morgan fingerprint density at radius 2 is 1.00 bits per heavy atom. The summed E-state index contributed by atoms with van der Waals surface area (Å²) >= 11 is 0. The average molecular weight is 744 g/mol. The Morgan fingerprint density at radius 1 is 0.528 bits per heavy atom. The van der Waals surface area contributed by atoms with E-state index in [0.717, 1.165) is 83.5 Å². The van der Waals surface area contributed by atoms with Gasteiger partial charge in [0, 0.05) is 12.8 Å². The van der Waals surface area contributed by atoms with Crippen LogP contribution in [0.2, 0.25) is 0 Å². The highest BCUT2D eigenvalue weighted by Crippen LogP contribution is 2.13. The van der Waals surface area contributed by atoms with Crippen LogP contribution in [0.3, 0.4) is 0 Å². The third-order valence-electron chi connectivity index (χ3n) is 9.79. The Balaban J connectivity index is 3.63. The Kier molecular flexibility index (Phi) is 40.8. The van der Waals surface area contributed by atoms with Gasteiger partial charge in [0.1, 0.15) is 0 Å². The third kappa shape index (κ3) is 39.3. The summed E-state index contributed by atoms with van der Waals surface area (Å²) in [5.74, 6) is -0.187. The maximum absolute atomic E-state index is 12.4. The molecule has 0 spiro atoms. The van der Waals surface area contributed by atoms with Gasteiger partial charge in [0.15, 0.2) is 0 Å². The van der Waals surface area contributed by atoms with E-state index in [1.165, 1.54) is 103 Å². The van der Waals surface area contributed by atoms with E-state index >= 15 is 0 Å². The minimum Gasteiger partial charge on any atom is -0.466 e. The number of unbranched alkanes of at least 4 members (excludes halogenated alkanes) is 23. The summed E-state index contributed by atoms with van der Waals surface area (Å²) in [6.45, 7) is 4.71. The number of rotatable bonds is 40. The molecule has 1 amide bonds. The predicted octanol–water partition coefficient (Wildman–Crippen LogP) is 12.7. The number of carbonyl (C=O) groups is 2. The van der Waals surface area contributed by atoms with Gasteiger partial charge < -0.3 is 20.3 Å². The molecule has 3 N–H and O–H groups in total. The van der Waals surface area contributed by atoms with E-state index in [4.69, 9.17) is 4.74 Å². The zero-order chi connectivity index (χ0) is 38.7. The van der Waals surface area contributed by atoms with E-state index in [1.807, 2.05) is 6.08 Å². The van der Waals surface area contributed by atoms with Crippen LogP contribution in [0.15, 0.2) is 48.6 Å². The van der Waals surface area contributed by atoms with Crippen LogP contribution in [-0.2, 0) is 14.3 Å². The quantitative estimate of drug-likeness (QED) is 0.0330. The minimum absolute atomic E-state index is 0.0548. The van der Waals surface area contributed by atoms with Gasteiger partial charge in [-0.15, -0.1) is 0 Å². The van der Waals surface area contributed by atoms with Crippen LogP contribution < -0.4 is 5.32 Å². The maximum Gasteiger partial charge on any atom is 0.305 e. The molecule has 6 nitrogen and oxygen atoms in total. The second-order valence-electron chi connectivity index (χ2n) is 15.0. The molecule has 6 heteroatoms. The van der Waals surface area contributed by atoms with E-state index < -0.39 is 12.1 Å². The maximum atomic E-state index is 12.4. The lowest BCUT2D eigenvalue weighted by molar-refractivity contribution is -0.143. The molecule has 0 heterocycles. The standard InChI is InChI=1S/C47H85NO5/c1-3-5-7-9-11-13-15-17-19-20-23-27-31-35-39-45(50)44(43-49)48-46(51)40-36-32-28-24-22-26-30-34-38-42-53-47(52)41-37-33-29-25-21-18-16-14-12-10-8-6-4-2/h8,10,14,16,24,28,35,39,44-45,49-50H,3-7,9,11-13,15,17-23,25-27,29-34,36-38,40-43H2,1-2H3,(H,48,51)/b10-8-,16-14-,28-24-,39-35+. The van der Waals surface area contributed by atoms with Crippen molar-refractivity contribution in [1.29, 1.82) is 0 Å². The largest absolute Gasteiger partial charge is 0.466 e. The molecule has 0 saturated heterocycles. The van der Waals surface area contributed by atoms with E-state index in [0.29, 0.717) is 19.4 Å². The van der Waals surface area contributed by atoms with Gasteiger partial charge in [-0.2, -0.15) is 0 Å². The molecule has 0 aliphatic rings. The fraction of sp³-hybridized carbons (Fsp3) is 0.787. The molecule has 53 heavy (non-hydrogen) atoms. The lowest BCUT2D eigenvalue weighted by Gasteiger charge is -2.19. The number of esters is 1. The van der Waals surface area contributed by atoms with Gasteiger partial charge in [0.05, 0.1) is 25.4 Å². The normalized spacial score (nSPS) is 13.2. The number of ether oxygens (including phenoxy) is 1. The van der Waals surface area contributed by atoms with Crippen molar-refractivity contribution in [2.75, 3.05) is 13.2 Å². The van der Waals surface area contributed by atoms with Gasteiger partial charge >= 0.3 is 5.97 Å². The van der Waals surface area contributed by atoms with E-state index in [2.05, 4.69) is 55.6 Å². The molecular weight excluding hydrogens is 659 g/mol. The Hall–Kier alpha value is -2.18. The van der Waals surface area contributed by atoms with Crippen LogP contribution in [0.5, 0.6) is 0 Å². The molecule has 0 rings (SSSR count). The van der Waals surface area contributed by atoms with Crippen LogP contribution in [0.4, 0.5) is 0 Å². The predicted molar refractivity (Wildman–Crippen MR) is 227 cm³/mol. The molecular formula is C47H85NO5. The van der Waals surface area contributed by atoms with Gasteiger partial charge in [-0.05, 0) is 77.0 Å². The lowest BCUT2D eigenvalue weighted by Crippen LogP contribution is -2.45. The van der Waals surface area contributed by atoms with E-state index in [-0.39, 0.29) is 18.5 Å². The van der Waals surface area contributed by atoms with Crippen molar-refractivity contribution in [3.8, 4) is 0 Å². The van der Waals surface area contributed by atoms with Crippen LogP contribution in [0.25, 0.3) is 0 Å². The zero-order valence-electron chi connectivity index (χ0n) is 34.7. The summed E-state index contributed by atoms with van der Waals surface area (Å²) in [6, 6.07) is -0.666. The highest BCUT2D eigenvalue weighted by Gasteiger charge is 2.17. The van der Waals surface area contributed by atoms with Gasteiger partial charge in [-0.3, -0.25) is 9.59 Å². The molecule has 0 bridgehead atoms. The van der Waals surface area contributed by atoms with Crippen LogP contribution >= 0.6 is 0 Å². The van der Waals surface area contributed by atoms with Crippen molar-refractivity contribution in [2.45, 2.75) is 225 Å². The number of hydrogen-bond donors (Lipinski definition) is 3. The first-order valence-electron chi connectivity index (χ1n) is 22.4. The van der Waals surface area contributed by atoms with Gasteiger partial charge in [0.25, 0.3) is 0 Å². The Morgan fingerprint density at radius 3 is 1.57 bits per heavy atom. The van der Waals surface area contributed by atoms with Gasteiger partial charge in [0.2, 0.25) is 5.91 Å². The smallest absolute Gasteiger partial charge is 0.305 e. The number of aliphatic hydroxyl groups excluding tert-OH is 2. The molecule has 0 saturated carbocycles. The van der Waals surface area contributed by atoms with E-state index in [9.17, 15) is 19.8 Å². The second-order valence-corrected chi connectivity index (χ2v) is 15.0. The molecule has 2 unspecified atom stereocenters. The third-order valence-corrected chi connectivity index (χ3v) is 9.79. The fourth-order valence-electron chi connectivity index (χ4n) is 6.32. The second kappa shape index (κ2) is 42.6.